The maximum atomic E-state index is 11.9. The molecule has 0 saturated heterocycles. The van der Waals surface area contributed by atoms with Crippen molar-refractivity contribution in [1.29, 1.82) is 0 Å². The topological polar surface area (TPSA) is 41.5 Å². The van der Waals surface area contributed by atoms with Crippen LogP contribution in [0.4, 0.5) is 0 Å². The Morgan fingerprint density at radius 3 is 2.48 bits per heavy atom. The number of benzene rings is 2. The first-order chi connectivity index (χ1) is 10.2. The lowest BCUT2D eigenvalue weighted by atomic mass is 10.1. The minimum atomic E-state index is -0.329. The second kappa shape index (κ2) is 7.41. The first-order valence-corrected chi connectivity index (χ1v) is 6.86. The van der Waals surface area contributed by atoms with Gasteiger partial charge in [-0.2, -0.15) is 5.10 Å². The van der Waals surface area contributed by atoms with Crippen molar-refractivity contribution in [3.8, 4) is 0 Å². The van der Waals surface area contributed by atoms with Crippen LogP contribution in [0.2, 0.25) is 5.02 Å². The largest absolute Gasteiger partial charge is 0.272 e. The fourth-order valence-electron chi connectivity index (χ4n) is 1.75. The zero-order valence-electron chi connectivity index (χ0n) is 11.6. The number of halogens is 1. The molecule has 0 spiro atoms. The number of carbonyl (C=O) groups excluding carboxylic acids is 1. The third kappa shape index (κ3) is 4.58. The summed E-state index contributed by atoms with van der Waals surface area (Å²) in [6.07, 6.45) is 3.58. The Morgan fingerprint density at radius 1 is 1.10 bits per heavy atom. The summed E-state index contributed by atoms with van der Waals surface area (Å²) in [5, 5.41) is 4.34. The molecule has 0 bridgehead atoms. The number of amides is 1. The van der Waals surface area contributed by atoms with Crippen LogP contribution < -0.4 is 5.43 Å². The summed E-state index contributed by atoms with van der Waals surface area (Å²) < 4.78 is 0. The summed E-state index contributed by atoms with van der Waals surface area (Å²) in [6, 6.07) is 16.7. The molecule has 0 aliphatic carbocycles. The van der Waals surface area contributed by atoms with Crippen LogP contribution in [-0.2, 0) is 0 Å². The summed E-state index contributed by atoms with van der Waals surface area (Å²) in [4.78, 5) is 11.9. The van der Waals surface area contributed by atoms with Crippen molar-refractivity contribution < 1.29 is 4.79 Å². The van der Waals surface area contributed by atoms with Gasteiger partial charge >= 0.3 is 0 Å². The lowest BCUT2D eigenvalue weighted by Crippen LogP contribution is -2.17. The number of carbonyl (C=O) groups is 1. The number of hydrogen-bond acceptors (Lipinski definition) is 2. The maximum absolute atomic E-state index is 11.9. The molecule has 0 aromatic heterocycles. The molecule has 0 aliphatic rings. The van der Waals surface area contributed by atoms with E-state index in [2.05, 4.69) is 10.5 Å². The van der Waals surface area contributed by atoms with Gasteiger partial charge in [-0.05, 0) is 30.2 Å². The molecule has 2 aromatic carbocycles. The molecule has 0 unspecified atom stereocenters. The molecule has 0 saturated carbocycles. The van der Waals surface area contributed by atoms with Crippen LogP contribution in [0.5, 0.6) is 0 Å². The van der Waals surface area contributed by atoms with E-state index in [9.17, 15) is 4.79 Å². The molecule has 0 fully saturated rings. The van der Waals surface area contributed by atoms with Crippen molar-refractivity contribution in [2.75, 3.05) is 0 Å². The van der Waals surface area contributed by atoms with Gasteiger partial charge in [0.05, 0.1) is 16.8 Å². The number of nitrogens with one attached hydrogen (secondary N) is 1. The van der Waals surface area contributed by atoms with E-state index in [0.29, 0.717) is 10.6 Å². The standard InChI is InChI=1S/C17H15ClN2O/c1-13(11-14-7-3-2-4-8-14)12-19-20-17(21)15-9-5-6-10-16(15)18/h2-12H,1H3,(H,20,21)/b13-11-,19-12+. The van der Waals surface area contributed by atoms with Gasteiger partial charge in [0.15, 0.2) is 0 Å². The number of allylic oxidation sites excluding steroid dienone is 1. The van der Waals surface area contributed by atoms with Gasteiger partial charge in [0.2, 0.25) is 0 Å². The quantitative estimate of drug-likeness (QED) is 0.668. The molecule has 1 amide bonds. The average molecular weight is 299 g/mol. The van der Waals surface area contributed by atoms with E-state index in [-0.39, 0.29) is 5.91 Å². The van der Waals surface area contributed by atoms with E-state index in [4.69, 9.17) is 11.6 Å². The molecule has 106 valence electrons. The van der Waals surface area contributed by atoms with Crippen molar-refractivity contribution in [2.45, 2.75) is 6.92 Å². The zero-order chi connectivity index (χ0) is 15.1. The number of hydrogen-bond donors (Lipinski definition) is 1. The molecule has 0 atom stereocenters. The van der Waals surface area contributed by atoms with Crippen molar-refractivity contribution in [1.82, 2.24) is 5.43 Å². The van der Waals surface area contributed by atoms with Crippen molar-refractivity contribution in [3.05, 3.63) is 76.3 Å². The first kappa shape index (κ1) is 15.0. The number of nitrogens with zero attached hydrogens (tertiary/aromatic N) is 1. The molecule has 3 nitrogen and oxygen atoms in total. The van der Waals surface area contributed by atoms with Gasteiger partial charge in [0.25, 0.3) is 5.91 Å². The predicted molar refractivity (Wildman–Crippen MR) is 87.5 cm³/mol. The summed E-state index contributed by atoms with van der Waals surface area (Å²) in [6.45, 7) is 1.91. The predicted octanol–water partition coefficient (Wildman–Crippen LogP) is 4.16. The highest BCUT2D eigenvalue weighted by molar-refractivity contribution is 6.33. The Kier molecular flexibility index (Phi) is 5.29. The van der Waals surface area contributed by atoms with Crippen LogP contribution in [0.1, 0.15) is 22.8 Å². The second-order valence-electron chi connectivity index (χ2n) is 4.48. The van der Waals surface area contributed by atoms with Crippen LogP contribution in [0, 0.1) is 0 Å². The van der Waals surface area contributed by atoms with E-state index in [1.54, 1.807) is 30.5 Å². The maximum Gasteiger partial charge on any atom is 0.272 e. The monoisotopic (exact) mass is 298 g/mol. The highest BCUT2D eigenvalue weighted by Crippen LogP contribution is 2.14. The number of hydrazone groups is 1. The summed E-state index contributed by atoms with van der Waals surface area (Å²) in [5.41, 5.74) is 4.88. The fourth-order valence-corrected chi connectivity index (χ4v) is 1.97. The van der Waals surface area contributed by atoms with Crippen molar-refractivity contribution in [2.24, 2.45) is 5.10 Å². The molecular weight excluding hydrogens is 284 g/mol. The van der Waals surface area contributed by atoms with E-state index in [1.807, 2.05) is 43.3 Å². The highest BCUT2D eigenvalue weighted by Gasteiger charge is 2.07. The first-order valence-electron chi connectivity index (χ1n) is 6.48. The second-order valence-corrected chi connectivity index (χ2v) is 4.89. The molecule has 0 radical (unpaired) electrons. The SMILES string of the molecule is CC(=C/c1ccccc1)/C=N/NC(=O)c1ccccc1Cl. The van der Waals surface area contributed by atoms with Crippen LogP contribution in [0.15, 0.2) is 65.3 Å². The lowest BCUT2D eigenvalue weighted by molar-refractivity contribution is 0.0955. The zero-order valence-corrected chi connectivity index (χ0v) is 12.3. The average Bonchev–Trinajstić information content (AvgIpc) is 2.48. The summed E-state index contributed by atoms with van der Waals surface area (Å²) in [7, 11) is 0. The van der Waals surface area contributed by atoms with Crippen LogP contribution in [-0.4, -0.2) is 12.1 Å². The van der Waals surface area contributed by atoms with E-state index in [1.165, 1.54) is 0 Å². The summed E-state index contributed by atoms with van der Waals surface area (Å²) >= 11 is 5.94. The van der Waals surface area contributed by atoms with Gasteiger partial charge < -0.3 is 0 Å². The van der Waals surface area contributed by atoms with E-state index >= 15 is 0 Å². The van der Waals surface area contributed by atoms with Crippen molar-refractivity contribution >= 4 is 29.8 Å². The molecular formula is C17H15ClN2O. The Balaban J connectivity index is 1.98. The Bertz CT molecular complexity index is 678. The van der Waals surface area contributed by atoms with Crippen molar-refractivity contribution in [3.63, 3.8) is 0 Å². The normalized spacial score (nSPS) is 11.6. The van der Waals surface area contributed by atoms with Gasteiger partial charge in [-0.3, -0.25) is 4.79 Å². The van der Waals surface area contributed by atoms with Gasteiger partial charge in [-0.1, -0.05) is 60.1 Å². The molecule has 0 aliphatic heterocycles. The molecule has 2 rings (SSSR count). The third-order valence-electron chi connectivity index (χ3n) is 2.75. The molecule has 1 N–H and O–H groups in total. The van der Waals surface area contributed by atoms with Crippen LogP contribution >= 0.6 is 11.6 Å². The van der Waals surface area contributed by atoms with E-state index in [0.717, 1.165) is 11.1 Å². The van der Waals surface area contributed by atoms with Gasteiger partial charge in [0.1, 0.15) is 0 Å². The minimum absolute atomic E-state index is 0.329. The molecule has 0 heterocycles. The van der Waals surface area contributed by atoms with Crippen LogP contribution in [0.25, 0.3) is 6.08 Å². The highest BCUT2D eigenvalue weighted by atomic mass is 35.5. The third-order valence-corrected chi connectivity index (χ3v) is 3.08. The number of rotatable bonds is 4. The van der Waals surface area contributed by atoms with Gasteiger partial charge in [-0.15, -0.1) is 0 Å². The molecule has 21 heavy (non-hydrogen) atoms. The van der Waals surface area contributed by atoms with Crippen LogP contribution in [0.3, 0.4) is 0 Å². The fraction of sp³-hybridized carbons (Fsp3) is 0.0588. The van der Waals surface area contributed by atoms with Gasteiger partial charge in [0, 0.05) is 0 Å². The Hall–Kier alpha value is -2.39. The lowest BCUT2D eigenvalue weighted by Gasteiger charge is -2.01. The molecule has 4 heteroatoms. The molecule has 2 aromatic rings. The van der Waals surface area contributed by atoms with Gasteiger partial charge in [-0.25, -0.2) is 5.43 Å². The Labute approximate surface area is 129 Å². The summed E-state index contributed by atoms with van der Waals surface area (Å²) in [5.74, 6) is -0.329. The smallest absolute Gasteiger partial charge is 0.267 e. The Morgan fingerprint density at radius 2 is 1.76 bits per heavy atom. The minimum Gasteiger partial charge on any atom is -0.267 e. The van der Waals surface area contributed by atoms with E-state index < -0.39 is 0 Å².